The van der Waals surface area contributed by atoms with Crippen molar-refractivity contribution in [2.24, 2.45) is 5.41 Å². The van der Waals surface area contributed by atoms with Gasteiger partial charge in [-0.05, 0) is 37.0 Å². The summed E-state index contributed by atoms with van der Waals surface area (Å²) in [6, 6.07) is 5.45. The van der Waals surface area contributed by atoms with Crippen LogP contribution in [0, 0.1) is 11.2 Å². The molecular formula is C18H27FN2O3. The summed E-state index contributed by atoms with van der Waals surface area (Å²) < 4.78 is 13.2. The van der Waals surface area contributed by atoms with E-state index in [2.05, 4.69) is 10.6 Å². The Morgan fingerprint density at radius 2 is 1.83 bits per heavy atom. The zero-order valence-corrected chi connectivity index (χ0v) is 14.9. The Hall–Kier alpha value is -1.95. The van der Waals surface area contributed by atoms with Crippen LogP contribution in [0.1, 0.15) is 52.7 Å². The van der Waals surface area contributed by atoms with E-state index in [0.29, 0.717) is 12.1 Å². The summed E-state index contributed by atoms with van der Waals surface area (Å²) in [5.74, 6) is -1.26. The molecule has 1 rings (SSSR count). The summed E-state index contributed by atoms with van der Waals surface area (Å²) in [5, 5.41) is 15.4. The van der Waals surface area contributed by atoms with Gasteiger partial charge < -0.3 is 15.7 Å². The highest BCUT2D eigenvalue weighted by Gasteiger charge is 2.30. The molecule has 1 unspecified atom stereocenters. The predicted octanol–water partition coefficient (Wildman–Crippen LogP) is 2.31. The zero-order valence-electron chi connectivity index (χ0n) is 14.9. The third-order valence-electron chi connectivity index (χ3n) is 3.41. The van der Waals surface area contributed by atoms with Crippen LogP contribution in [-0.2, 0) is 9.59 Å². The molecule has 2 amide bonds. The number of amides is 2. The molecule has 0 aromatic heterocycles. The van der Waals surface area contributed by atoms with E-state index >= 15 is 0 Å². The first-order valence-electron chi connectivity index (χ1n) is 7.93. The monoisotopic (exact) mass is 338 g/mol. The molecule has 0 heterocycles. The molecule has 0 aliphatic carbocycles. The Labute approximate surface area is 142 Å². The molecule has 0 spiro atoms. The third-order valence-corrected chi connectivity index (χ3v) is 3.41. The van der Waals surface area contributed by atoms with Crippen molar-refractivity contribution in [3.63, 3.8) is 0 Å². The molecule has 1 aromatic carbocycles. The molecule has 0 aliphatic rings. The quantitative estimate of drug-likeness (QED) is 0.745. The van der Waals surface area contributed by atoms with Crippen LogP contribution < -0.4 is 10.6 Å². The molecular weight excluding hydrogens is 311 g/mol. The highest BCUT2D eigenvalue weighted by molar-refractivity contribution is 5.90. The Bertz CT molecular complexity index is 594. The van der Waals surface area contributed by atoms with Gasteiger partial charge in [0, 0.05) is 6.54 Å². The Morgan fingerprint density at radius 1 is 1.21 bits per heavy atom. The van der Waals surface area contributed by atoms with Crippen molar-refractivity contribution in [3.05, 3.63) is 35.6 Å². The molecule has 0 bridgehead atoms. The van der Waals surface area contributed by atoms with Crippen molar-refractivity contribution in [2.45, 2.75) is 52.7 Å². The van der Waals surface area contributed by atoms with E-state index in [1.807, 2.05) is 20.8 Å². The molecule has 0 radical (unpaired) electrons. The highest BCUT2D eigenvalue weighted by atomic mass is 19.1. The molecule has 3 N–H and O–H groups in total. The third kappa shape index (κ3) is 6.66. The lowest BCUT2D eigenvalue weighted by Gasteiger charge is -2.28. The summed E-state index contributed by atoms with van der Waals surface area (Å²) in [6.07, 6.45) is -1.38. The molecule has 0 fully saturated rings. The van der Waals surface area contributed by atoms with Gasteiger partial charge in [0.05, 0.1) is 12.5 Å². The first-order valence-corrected chi connectivity index (χ1v) is 7.93. The van der Waals surface area contributed by atoms with Crippen LogP contribution in [0.2, 0.25) is 0 Å². The van der Waals surface area contributed by atoms with E-state index in [1.165, 1.54) is 18.2 Å². The van der Waals surface area contributed by atoms with Crippen LogP contribution in [0.5, 0.6) is 0 Å². The average Bonchev–Trinajstić information content (AvgIpc) is 2.43. The molecule has 134 valence electrons. The Morgan fingerprint density at radius 3 is 2.38 bits per heavy atom. The molecule has 6 heteroatoms. The van der Waals surface area contributed by atoms with Crippen molar-refractivity contribution < 1.29 is 19.1 Å². The number of hydrogen-bond acceptors (Lipinski definition) is 3. The number of nitrogens with one attached hydrogen (secondary N) is 2. The van der Waals surface area contributed by atoms with Crippen molar-refractivity contribution >= 4 is 11.8 Å². The zero-order chi connectivity index (χ0) is 18.5. The molecule has 0 aliphatic heterocycles. The largest absolute Gasteiger partial charge is 0.388 e. The first kappa shape index (κ1) is 20.1. The minimum absolute atomic E-state index is 0.0661. The van der Waals surface area contributed by atoms with Gasteiger partial charge >= 0.3 is 0 Å². The Kier molecular flexibility index (Phi) is 6.49. The van der Waals surface area contributed by atoms with Crippen LogP contribution in [0.3, 0.4) is 0 Å². The van der Waals surface area contributed by atoms with Gasteiger partial charge in [0.1, 0.15) is 11.4 Å². The van der Waals surface area contributed by atoms with Gasteiger partial charge in [-0.15, -0.1) is 0 Å². The van der Waals surface area contributed by atoms with Crippen molar-refractivity contribution in [1.29, 1.82) is 0 Å². The number of rotatable bonds is 6. The van der Waals surface area contributed by atoms with Crippen LogP contribution in [0.25, 0.3) is 0 Å². The first-order chi connectivity index (χ1) is 10.9. The van der Waals surface area contributed by atoms with Gasteiger partial charge in [0.15, 0.2) is 0 Å². The van der Waals surface area contributed by atoms with Gasteiger partial charge in [-0.25, -0.2) is 4.39 Å². The number of aliphatic hydroxyl groups is 1. The fourth-order valence-corrected chi connectivity index (χ4v) is 2.03. The second-order valence-corrected chi connectivity index (χ2v) is 7.69. The maximum atomic E-state index is 13.2. The standard InChI is InChI=1S/C18H27FN2O3/c1-17(2,3)11-20-16(24)18(4,5)21-15(23)10-14(22)12-7-6-8-13(19)9-12/h6-9,14,22H,10-11H2,1-5H3,(H,20,24)(H,21,23). The van der Waals surface area contributed by atoms with Crippen LogP contribution in [-0.4, -0.2) is 29.0 Å². The molecule has 5 nitrogen and oxygen atoms in total. The van der Waals surface area contributed by atoms with Crippen LogP contribution in [0.4, 0.5) is 4.39 Å². The van der Waals surface area contributed by atoms with Gasteiger partial charge in [0.25, 0.3) is 0 Å². The molecule has 1 aromatic rings. The summed E-state index contributed by atoms with van der Waals surface area (Å²) in [7, 11) is 0. The average molecular weight is 338 g/mol. The molecule has 0 saturated carbocycles. The molecule has 0 saturated heterocycles. The van der Waals surface area contributed by atoms with E-state index < -0.39 is 23.4 Å². The topological polar surface area (TPSA) is 78.4 Å². The van der Waals surface area contributed by atoms with Crippen molar-refractivity contribution in [3.8, 4) is 0 Å². The highest BCUT2D eigenvalue weighted by Crippen LogP contribution is 2.18. The summed E-state index contributed by atoms with van der Waals surface area (Å²) >= 11 is 0. The van der Waals surface area contributed by atoms with Gasteiger partial charge in [0.2, 0.25) is 11.8 Å². The Balaban J connectivity index is 2.60. The predicted molar refractivity (Wildman–Crippen MR) is 90.7 cm³/mol. The molecule has 24 heavy (non-hydrogen) atoms. The summed E-state index contributed by atoms with van der Waals surface area (Å²) in [5.41, 5.74) is -0.854. The maximum Gasteiger partial charge on any atom is 0.245 e. The van der Waals surface area contributed by atoms with E-state index in [9.17, 15) is 19.1 Å². The van der Waals surface area contributed by atoms with Crippen molar-refractivity contribution in [2.75, 3.05) is 6.54 Å². The van der Waals surface area contributed by atoms with Crippen LogP contribution >= 0.6 is 0 Å². The number of hydrogen-bond donors (Lipinski definition) is 3. The number of carbonyl (C=O) groups excluding carboxylic acids is 2. The normalized spacial score (nSPS) is 13.3. The van der Waals surface area contributed by atoms with Gasteiger partial charge in [-0.1, -0.05) is 32.9 Å². The number of benzene rings is 1. The SMILES string of the molecule is CC(C)(C)CNC(=O)C(C)(C)NC(=O)CC(O)c1cccc(F)c1. The van der Waals surface area contributed by atoms with E-state index in [1.54, 1.807) is 19.9 Å². The lowest BCUT2D eigenvalue weighted by atomic mass is 9.95. The van der Waals surface area contributed by atoms with Gasteiger partial charge in [-0.3, -0.25) is 9.59 Å². The minimum Gasteiger partial charge on any atom is -0.388 e. The summed E-state index contributed by atoms with van der Waals surface area (Å²) in [6.45, 7) is 9.66. The maximum absolute atomic E-state index is 13.2. The van der Waals surface area contributed by atoms with Crippen LogP contribution in [0.15, 0.2) is 24.3 Å². The molecule has 1 atom stereocenters. The number of carbonyl (C=O) groups is 2. The van der Waals surface area contributed by atoms with E-state index in [4.69, 9.17) is 0 Å². The van der Waals surface area contributed by atoms with E-state index in [0.717, 1.165) is 0 Å². The second kappa shape index (κ2) is 7.75. The fourth-order valence-electron chi connectivity index (χ4n) is 2.03. The minimum atomic E-state index is -1.13. The number of aliphatic hydroxyl groups excluding tert-OH is 1. The fraction of sp³-hybridized carbons (Fsp3) is 0.556. The van der Waals surface area contributed by atoms with E-state index in [-0.39, 0.29) is 17.7 Å². The van der Waals surface area contributed by atoms with Crippen molar-refractivity contribution in [1.82, 2.24) is 10.6 Å². The smallest absolute Gasteiger partial charge is 0.245 e. The summed E-state index contributed by atoms with van der Waals surface area (Å²) in [4.78, 5) is 24.3. The second-order valence-electron chi connectivity index (χ2n) is 7.69. The lowest BCUT2D eigenvalue weighted by Crippen LogP contribution is -2.55. The lowest BCUT2D eigenvalue weighted by molar-refractivity contribution is -0.133. The van der Waals surface area contributed by atoms with Gasteiger partial charge in [-0.2, -0.15) is 0 Å². The number of halogens is 1.